The molecule has 4 nitrogen and oxygen atoms in total. The minimum atomic E-state index is -4.09. The summed E-state index contributed by atoms with van der Waals surface area (Å²) >= 11 is 0. The van der Waals surface area contributed by atoms with Gasteiger partial charge in [0.05, 0.1) is 0 Å². The van der Waals surface area contributed by atoms with Gasteiger partial charge in [0.15, 0.2) is 0 Å². The second-order valence-corrected chi connectivity index (χ2v) is 3.64. The Morgan fingerprint density at radius 1 is 1.00 bits per heavy atom. The van der Waals surface area contributed by atoms with Crippen LogP contribution in [-0.4, -0.2) is 48.2 Å². The SMILES string of the molecule is CC(=O)S(=O)(=O)C(C)=O.[NaH]. The normalized spacial score (nSPS) is 9.80. The van der Waals surface area contributed by atoms with E-state index in [0.717, 1.165) is 13.8 Å². The van der Waals surface area contributed by atoms with E-state index in [-0.39, 0.29) is 29.6 Å². The van der Waals surface area contributed by atoms with Crippen LogP contribution in [0.4, 0.5) is 0 Å². The van der Waals surface area contributed by atoms with Crippen molar-refractivity contribution in [2.75, 3.05) is 0 Å². The van der Waals surface area contributed by atoms with E-state index in [0.29, 0.717) is 0 Å². The molecule has 0 aromatic heterocycles. The summed E-state index contributed by atoms with van der Waals surface area (Å²) in [6.45, 7) is 1.69. The van der Waals surface area contributed by atoms with E-state index >= 15 is 0 Å². The van der Waals surface area contributed by atoms with E-state index in [1.807, 2.05) is 0 Å². The van der Waals surface area contributed by atoms with Crippen molar-refractivity contribution >= 4 is 49.6 Å². The molecule has 0 saturated carbocycles. The average Bonchev–Trinajstić information content (AvgIpc) is 1.65. The molecule has 0 aromatic rings. The maximum atomic E-state index is 10.3. The third-order valence-corrected chi connectivity index (χ3v) is 2.27. The number of sulfone groups is 1. The Morgan fingerprint density at radius 3 is 1.20 bits per heavy atom. The fourth-order valence-electron chi connectivity index (χ4n) is 0.202. The molecule has 0 heterocycles. The zero-order valence-corrected chi connectivity index (χ0v) is 5.86. The summed E-state index contributed by atoms with van der Waals surface area (Å²) < 4.78 is 20.7. The molecule has 0 spiro atoms. The van der Waals surface area contributed by atoms with E-state index in [9.17, 15) is 18.0 Å². The summed E-state index contributed by atoms with van der Waals surface area (Å²) in [4.78, 5) is 20.2. The summed E-state index contributed by atoms with van der Waals surface area (Å²) in [6.07, 6.45) is 0. The summed E-state index contributed by atoms with van der Waals surface area (Å²) in [7, 11) is -4.09. The molecule has 0 unspecified atom stereocenters. The van der Waals surface area contributed by atoms with Crippen LogP contribution in [0.25, 0.3) is 0 Å². The number of carbonyl (C=O) groups is 2. The molecular formula is C4H7NaO4S. The van der Waals surface area contributed by atoms with Gasteiger partial charge in [-0.05, 0) is 0 Å². The predicted octanol–water partition coefficient (Wildman–Crippen LogP) is -1.15. The van der Waals surface area contributed by atoms with Crippen LogP contribution in [0.15, 0.2) is 0 Å². The van der Waals surface area contributed by atoms with Gasteiger partial charge in [0.25, 0.3) is 20.1 Å². The molecule has 0 aromatic carbocycles. The fourth-order valence-corrected chi connectivity index (χ4v) is 0.607. The van der Waals surface area contributed by atoms with Crippen molar-refractivity contribution in [3.8, 4) is 0 Å². The maximum absolute atomic E-state index is 10.3. The molecule has 10 heavy (non-hydrogen) atoms. The zero-order valence-electron chi connectivity index (χ0n) is 5.04. The predicted molar refractivity (Wildman–Crippen MR) is 37.4 cm³/mol. The van der Waals surface area contributed by atoms with Crippen LogP contribution in [-0.2, 0) is 19.4 Å². The van der Waals surface area contributed by atoms with E-state index in [1.54, 1.807) is 0 Å². The molecule has 0 aliphatic heterocycles. The van der Waals surface area contributed by atoms with Crippen LogP contribution in [0.2, 0.25) is 0 Å². The monoisotopic (exact) mass is 174 g/mol. The Kier molecular flexibility index (Phi) is 5.46. The van der Waals surface area contributed by atoms with Crippen molar-refractivity contribution < 1.29 is 18.0 Å². The van der Waals surface area contributed by atoms with Gasteiger partial charge < -0.3 is 0 Å². The third-order valence-electron chi connectivity index (χ3n) is 0.757. The van der Waals surface area contributed by atoms with Crippen LogP contribution in [0.1, 0.15) is 13.8 Å². The second kappa shape index (κ2) is 4.23. The standard InChI is InChI=1S/C4H6O4S.Na.H/c1-3(5)9(7,8)4(2)6;;/h1-2H3;;. The Labute approximate surface area is 81.2 Å². The van der Waals surface area contributed by atoms with Gasteiger partial charge in [-0.3, -0.25) is 9.59 Å². The van der Waals surface area contributed by atoms with Crippen LogP contribution in [0.3, 0.4) is 0 Å². The first-order valence-electron chi connectivity index (χ1n) is 2.15. The second-order valence-electron chi connectivity index (χ2n) is 1.49. The molecule has 0 fully saturated rings. The van der Waals surface area contributed by atoms with Gasteiger partial charge in [0.1, 0.15) is 0 Å². The van der Waals surface area contributed by atoms with Gasteiger partial charge in [-0.25, -0.2) is 8.42 Å². The van der Waals surface area contributed by atoms with E-state index < -0.39 is 20.1 Å². The first-order chi connectivity index (χ1) is 3.89. The van der Waals surface area contributed by atoms with Gasteiger partial charge in [-0.2, -0.15) is 0 Å². The zero-order chi connectivity index (χ0) is 7.65. The van der Waals surface area contributed by atoms with E-state index in [4.69, 9.17) is 0 Å². The molecule has 0 aliphatic rings. The van der Waals surface area contributed by atoms with Crippen molar-refractivity contribution in [2.45, 2.75) is 13.8 Å². The molecule has 54 valence electrons. The third kappa shape index (κ3) is 2.92. The molecule has 0 rings (SSSR count). The fraction of sp³-hybridized carbons (Fsp3) is 0.500. The Hall–Kier alpha value is 0.290. The number of carbonyl (C=O) groups excluding carboxylic acids is 2. The molecule has 0 radical (unpaired) electrons. The summed E-state index contributed by atoms with van der Waals surface area (Å²) in [5.41, 5.74) is 0. The van der Waals surface area contributed by atoms with Crippen molar-refractivity contribution in [1.82, 2.24) is 0 Å². The molecule has 6 heteroatoms. The average molecular weight is 174 g/mol. The molecule has 0 amide bonds. The quantitative estimate of drug-likeness (QED) is 0.435. The number of rotatable bonds is 0. The minimum absolute atomic E-state index is 0. The molecule has 0 saturated heterocycles. The first kappa shape index (κ1) is 12.9. The molecule has 0 aliphatic carbocycles. The van der Waals surface area contributed by atoms with Crippen molar-refractivity contribution in [2.24, 2.45) is 0 Å². The molecule has 0 atom stereocenters. The van der Waals surface area contributed by atoms with Crippen LogP contribution in [0, 0.1) is 0 Å². The van der Waals surface area contributed by atoms with Crippen LogP contribution >= 0.6 is 0 Å². The Bertz CT molecular complexity index is 220. The van der Waals surface area contributed by atoms with E-state index in [2.05, 4.69) is 0 Å². The number of hydrogen-bond donors (Lipinski definition) is 0. The van der Waals surface area contributed by atoms with Crippen molar-refractivity contribution in [1.29, 1.82) is 0 Å². The van der Waals surface area contributed by atoms with E-state index in [1.165, 1.54) is 0 Å². The molecule has 0 bridgehead atoms. The van der Waals surface area contributed by atoms with Gasteiger partial charge >= 0.3 is 29.6 Å². The van der Waals surface area contributed by atoms with Crippen LogP contribution in [0.5, 0.6) is 0 Å². The Balaban J connectivity index is 0. The summed E-state index contributed by atoms with van der Waals surface area (Å²) in [6, 6.07) is 0. The Morgan fingerprint density at radius 2 is 1.20 bits per heavy atom. The summed E-state index contributed by atoms with van der Waals surface area (Å²) in [5, 5.41) is -2.20. The van der Waals surface area contributed by atoms with Crippen molar-refractivity contribution in [3.05, 3.63) is 0 Å². The number of hydrogen-bond acceptors (Lipinski definition) is 4. The van der Waals surface area contributed by atoms with Crippen LogP contribution < -0.4 is 0 Å². The summed E-state index contributed by atoms with van der Waals surface area (Å²) in [5.74, 6) is 0. The van der Waals surface area contributed by atoms with Gasteiger partial charge in [0.2, 0.25) is 0 Å². The topological polar surface area (TPSA) is 68.3 Å². The van der Waals surface area contributed by atoms with Gasteiger partial charge in [-0.1, -0.05) is 0 Å². The van der Waals surface area contributed by atoms with Crippen molar-refractivity contribution in [3.63, 3.8) is 0 Å². The van der Waals surface area contributed by atoms with Gasteiger partial charge in [-0.15, -0.1) is 0 Å². The van der Waals surface area contributed by atoms with Gasteiger partial charge in [0, 0.05) is 13.8 Å². The first-order valence-corrected chi connectivity index (χ1v) is 3.63. The molecular weight excluding hydrogens is 167 g/mol. The molecule has 0 N–H and O–H groups in total.